The Morgan fingerprint density at radius 2 is 1.57 bits per heavy atom. The number of hydrogen-bond donors (Lipinski definition) is 1. The molecular formula is C12H16O2. The molecule has 1 unspecified atom stereocenters. The van der Waals surface area contributed by atoms with Crippen LogP contribution < -0.4 is 0 Å². The Morgan fingerprint density at radius 1 is 1.14 bits per heavy atom. The summed E-state index contributed by atoms with van der Waals surface area (Å²) in [4.78, 5) is 10.9. The van der Waals surface area contributed by atoms with Gasteiger partial charge >= 0.3 is 0 Å². The normalized spacial score (nSPS) is 12.9. The van der Waals surface area contributed by atoms with Crippen LogP contribution in [0.5, 0.6) is 0 Å². The summed E-state index contributed by atoms with van der Waals surface area (Å²) in [5.41, 5.74) is 1.88. The Kier molecular flexibility index (Phi) is 3.42. The lowest BCUT2D eigenvalue weighted by Crippen LogP contribution is -2.07. The molecule has 1 N–H and O–H groups in total. The molecule has 1 aromatic carbocycles. The third-order valence-corrected chi connectivity index (χ3v) is 2.30. The SMILES string of the molecule is CC(=O)C(O)c1ccc(C(C)C)cc1. The van der Waals surface area contributed by atoms with Crippen LogP contribution in [0, 0.1) is 0 Å². The van der Waals surface area contributed by atoms with Gasteiger partial charge in [-0.1, -0.05) is 38.1 Å². The first-order valence-corrected chi connectivity index (χ1v) is 4.80. The number of rotatable bonds is 3. The molecule has 76 valence electrons. The second kappa shape index (κ2) is 4.38. The smallest absolute Gasteiger partial charge is 0.162 e. The molecule has 0 saturated carbocycles. The Labute approximate surface area is 84.6 Å². The Balaban J connectivity index is 2.88. The zero-order valence-electron chi connectivity index (χ0n) is 8.82. The quantitative estimate of drug-likeness (QED) is 0.798. The molecule has 0 amide bonds. The van der Waals surface area contributed by atoms with E-state index in [0.717, 1.165) is 0 Å². The average Bonchev–Trinajstić information content (AvgIpc) is 2.16. The Bertz CT molecular complexity index is 312. The van der Waals surface area contributed by atoms with Crippen molar-refractivity contribution in [2.24, 2.45) is 0 Å². The molecule has 0 aliphatic carbocycles. The fourth-order valence-electron chi connectivity index (χ4n) is 1.30. The third kappa shape index (κ3) is 2.42. The largest absolute Gasteiger partial charge is 0.381 e. The van der Waals surface area contributed by atoms with Gasteiger partial charge in [0.15, 0.2) is 5.78 Å². The molecule has 2 heteroatoms. The van der Waals surface area contributed by atoms with Crippen molar-refractivity contribution in [1.82, 2.24) is 0 Å². The van der Waals surface area contributed by atoms with E-state index in [4.69, 9.17) is 0 Å². The minimum atomic E-state index is -0.976. The number of carbonyl (C=O) groups excluding carboxylic acids is 1. The highest BCUT2D eigenvalue weighted by Crippen LogP contribution is 2.18. The molecule has 0 radical (unpaired) electrons. The molecule has 0 fully saturated rings. The Morgan fingerprint density at radius 3 is 1.93 bits per heavy atom. The molecule has 0 heterocycles. The molecule has 0 saturated heterocycles. The van der Waals surface area contributed by atoms with Crippen molar-refractivity contribution in [2.45, 2.75) is 32.8 Å². The maximum atomic E-state index is 10.9. The predicted octanol–water partition coefficient (Wildman–Crippen LogP) is 2.43. The van der Waals surface area contributed by atoms with Gasteiger partial charge < -0.3 is 5.11 Å². The molecule has 1 aromatic rings. The third-order valence-electron chi connectivity index (χ3n) is 2.30. The summed E-state index contributed by atoms with van der Waals surface area (Å²) in [6.07, 6.45) is -0.976. The number of ketones is 1. The second-order valence-electron chi connectivity index (χ2n) is 3.83. The number of aliphatic hydroxyl groups is 1. The van der Waals surface area contributed by atoms with E-state index >= 15 is 0 Å². The molecule has 0 aliphatic heterocycles. The summed E-state index contributed by atoms with van der Waals surface area (Å²) >= 11 is 0. The molecule has 1 atom stereocenters. The highest BCUT2D eigenvalue weighted by atomic mass is 16.3. The fourth-order valence-corrected chi connectivity index (χ4v) is 1.30. The van der Waals surface area contributed by atoms with E-state index < -0.39 is 6.10 Å². The van der Waals surface area contributed by atoms with E-state index in [1.54, 1.807) is 12.1 Å². The van der Waals surface area contributed by atoms with Crippen LogP contribution in [-0.2, 0) is 4.79 Å². The Hall–Kier alpha value is -1.15. The van der Waals surface area contributed by atoms with Crippen molar-refractivity contribution >= 4 is 5.78 Å². The summed E-state index contributed by atoms with van der Waals surface area (Å²) in [7, 11) is 0. The monoisotopic (exact) mass is 192 g/mol. The van der Waals surface area contributed by atoms with Gasteiger partial charge in [-0.15, -0.1) is 0 Å². The van der Waals surface area contributed by atoms with Gasteiger partial charge in [0, 0.05) is 0 Å². The molecular weight excluding hydrogens is 176 g/mol. The number of hydrogen-bond acceptors (Lipinski definition) is 2. The summed E-state index contributed by atoms with van der Waals surface area (Å²) in [5, 5.41) is 9.48. The van der Waals surface area contributed by atoms with Gasteiger partial charge in [-0.05, 0) is 24.0 Å². The van der Waals surface area contributed by atoms with Crippen LogP contribution >= 0.6 is 0 Å². The van der Waals surface area contributed by atoms with Crippen LogP contribution in [0.25, 0.3) is 0 Å². The molecule has 2 nitrogen and oxygen atoms in total. The standard InChI is InChI=1S/C12H16O2/c1-8(2)10-4-6-11(7-5-10)12(14)9(3)13/h4-8,12,14H,1-3H3. The maximum Gasteiger partial charge on any atom is 0.162 e. The van der Waals surface area contributed by atoms with E-state index in [2.05, 4.69) is 13.8 Å². The molecule has 0 aromatic heterocycles. The lowest BCUT2D eigenvalue weighted by molar-refractivity contribution is -0.125. The summed E-state index contributed by atoms with van der Waals surface area (Å²) in [5.74, 6) is 0.251. The molecule has 14 heavy (non-hydrogen) atoms. The first-order chi connectivity index (χ1) is 6.52. The van der Waals surface area contributed by atoms with Gasteiger partial charge in [0.25, 0.3) is 0 Å². The second-order valence-corrected chi connectivity index (χ2v) is 3.83. The first kappa shape index (κ1) is 10.9. The maximum absolute atomic E-state index is 10.9. The van der Waals surface area contributed by atoms with Gasteiger partial charge in [-0.25, -0.2) is 0 Å². The van der Waals surface area contributed by atoms with E-state index in [-0.39, 0.29) is 5.78 Å². The van der Waals surface area contributed by atoms with Gasteiger partial charge in [-0.2, -0.15) is 0 Å². The van der Waals surface area contributed by atoms with E-state index in [1.807, 2.05) is 12.1 Å². The van der Waals surface area contributed by atoms with Crippen LogP contribution in [0.15, 0.2) is 24.3 Å². The lowest BCUT2D eigenvalue weighted by atomic mass is 9.99. The zero-order chi connectivity index (χ0) is 10.7. The highest BCUT2D eigenvalue weighted by molar-refractivity contribution is 5.81. The van der Waals surface area contributed by atoms with Crippen LogP contribution in [-0.4, -0.2) is 10.9 Å². The van der Waals surface area contributed by atoms with Gasteiger partial charge in [0.1, 0.15) is 6.10 Å². The molecule has 1 rings (SSSR count). The van der Waals surface area contributed by atoms with Crippen LogP contribution in [0.4, 0.5) is 0 Å². The minimum Gasteiger partial charge on any atom is -0.381 e. The van der Waals surface area contributed by atoms with Crippen molar-refractivity contribution < 1.29 is 9.90 Å². The van der Waals surface area contributed by atoms with Gasteiger partial charge in [0.2, 0.25) is 0 Å². The number of carbonyl (C=O) groups is 1. The lowest BCUT2D eigenvalue weighted by Gasteiger charge is -2.09. The van der Waals surface area contributed by atoms with Crippen LogP contribution in [0.1, 0.15) is 43.9 Å². The molecule has 0 bridgehead atoms. The van der Waals surface area contributed by atoms with Crippen molar-refractivity contribution in [3.05, 3.63) is 35.4 Å². The zero-order valence-corrected chi connectivity index (χ0v) is 8.82. The van der Waals surface area contributed by atoms with E-state index in [9.17, 15) is 9.90 Å². The number of aliphatic hydroxyl groups excluding tert-OH is 1. The number of Topliss-reactive ketones (excluding diaryl/α,β-unsaturated/α-hetero) is 1. The summed E-state index contributed by atoms with van der Waals surface area (Å²) < 4.78 is 0. The molecule has 0 aliphatic rings. The van der Waals surface area contributed by atoms with E-state index in [1.165, 1.54) is 12.5 Å². The van der Waals surface area contributed by atoms with Crippen LogP contribution in [0.3, 0.4) is 0 Å². The predicted molar refractivity (Wildman–Crippen MR) is 56.2 cm³/mol. The molecule has 0 spiro atoms. The topological polar surface area (TPSA) is 37.3 Å². The van der Waals surface area contributed by atoms with Crippen molar-refractivity contribution in [3.8, 4) is 0 Å². The summed E-state index contributed by atoms with van der Waals surface area (Å²) in [6.45, 7) is 5.61. The first-order valence-electron chi connectivity index (χ1n) is 4.80. The van der Waals surface area contributed by atoms with E-state index in [0.29, 0.717) is 11.5 Å². The van der Waals surface area contributed by atoms with Crippen molar-refractivity contribution in [3.63, 3.8) is 0 Å². The van der Waals surface area contributed by atoms with Gasteiger partial charge in [0.05, 0.1) is 0 Å². The van der Waals surface area contributed by atoms with Crippen molar-refractivity contribution in [1.29, 1.82) is 0 Å². The van der Waals surface area contributed by atoms with Gasteiger partial charge in [-0.3, -0.25) is 4.79 Å². The fraction of sp³-hybridized carbons (Fsp3) is 0.417. The number of benzene rings is 1. The highest BCUT2D eigenvalue weighted by Gasteiger charge is 2.12. The van der Waals surface area contributed by atoms with Crippen molar-refractivity contribution in [2.75, 3.05) is 0 Å². The minimum absolute atomic E-state index is 0.220. The summed E-state index contributed by atoms with van der Waals surface area (Å²) in [6, 6.07) is 7.52. The average molecular weight is 192 g/mol. The van der Waals surface area contributed by atoms with Crippen LogP contribution in [0.2, 0.25) is 0 Å².